The van der Waals surface area contributed by atoms with Crippen LogP contribution in [0.3, 0.4) is 0 Å². The number of nitrogens with zero attached hydrogens (tertiary/aromatic N) is 2. The summed E-state index contributed by atoms with van der Waals surface area (Å²) in [5.74, 6) is -2.49. The number of nitrogens with one attached hydrogen (secondary N) is 1. The van der Waals surface area contributed by atoms with Crippen molar-refractivity contribution in [3.8, 4) is 0 Å². The molecule has 1 fully saturated rings. The topological polar surface area (TPSA) is 141 Å². The minimum atomic E-state index is -1.18. The number of carbonyl (C=O) groups excluding carboxylic acids is 3. The third-order valence-electron chi connectivity index (χ3n) is 5.63. The number of nitrogen functional groups attached to an aromatic ring is 1. The van der Waals surface area contributed by atoms with Crippen LogP contribution in [-0.2, 0) is 9.53 Å². The zero-order chi connectivity index (χ0) is 24.9. The lowest BCUT2D eigenvalue weighted by molar-refractivity contribution is -0.123. The quantitative estimate of drug-likeness (QED) is 0.437. The van der Waals surface area contributed by atoms with Crippen LogP contribution >= 0.6 is 11.5 Å². The molecule has 3 amide bonds. The molecule has 0 saturated carbocycles. The summed E-state index contributed by atoms with van der Waals surface area (Å²) >= 11 is 0.717. The number of anilines is 2. The molecule has 1 aliphatic heterocycles. The number of benzene rings is 2. The minimum absolute atomic E-state index is 0.0401. The summed E-state index contributed by atoms with van der Waals surface area (Å²) in [6.07, 6.45) is 1.60. The first-order chi connectivity index (χ1) is 16.9. The Balaban J connectivity index is 1.78. The predicted octanol–water partition coefficient (Wildman–Crippen LogP) is 2.65. The van der Waals surface area contributed by atoms with Gasteiger partial charge in [-0.05, 0) is 54.2 Å². The third kappa shape index (κ3) is 5.31. The van der Waals surface area contributed by atoms with Crippen LogP contribution in [0.25, 0.3) is 0 Å². The van der Waals surface area contributed by atoms with Crippen molar-refractivity contribution in [2.45, 2.75) is 25.0 Å². The molecular formula is C24H24FN5O4S. The van der Waals surface area contributed by atoms with Crippen molar-refractivity contribution in [1.29, 1.82) is 0 Å². The Morgan fingerprint density at radius 1 is 1.17 bits per heavy atom. The van der Waals surface area contributed by atoms with Gasteiger partial charge in [0.1, 0.15) is 16.7 Å². The average Bonchev–Trinajstić information content (AvgIpc) is 3.51. The summed E-state index contributed by atoms with van der Waals surface area (Å²) in [5, 5.41) is 2.86. The number of ether oxygens (including phenoxy) is 1. The Morgan fingerprint density at radius 3 is 2.49 bits per heavy atom. The number of carbonyl (C=O) groups is 3. The average molecular weight is 498 g/mol. The van der Waals surface area contributed by atoms with Crippen molar-refractivity contribution < 1.29 is 23.5 Å². The van der Waals surface area contributed by atoms with Crippen molar-refractivity contribution in [1.82, 2.24) is 9.69 Å². The van der Waals surface area contributed by atoms with E-state index in [2.05, 4.69) is 9.69 Å². The van der Waals surface area contributed by atoms with Crippen LogP contribution in [0.5, 0.6) is 0 Å². The normalized spacial score (nSPS) is 16.0. The van der Waals surface area contributed by atoms with Gasteiger partial charge in [0, 0.05) is 18.8 Å². The fourth-order valence-corrected chi connectivity index (χ4v) is 4.63. The Kier molecular flexibility index (Phi) is 7.37. The van der Waals surface area contributed by atoms with Gasteiger partial charge in [0.2, 0.25) is 5.91 Å². The lowest BCUT2D eigenvalue weighted by Gasteiger charge is -2.31. The van der Waals surface area contributed by atoms with Crippen LogP contribution in [0.1, 0.15) is 44.6 Å². The van der Waals surface area contributed by atoms with Gasteiger partial charge in [-0.1, -0.05) is 30.3 Å². The van der Waals surface area contributed by atoms with Crippen molar-refractivity contribution in [3.63, 3.8) is 0 Å². The van der Waals surface area contributed by atoms with E-state index in [-0.39, 0.29) is 28.9 Å². The summed E-state index contributed by atoms with van der Waals surface area (Å²) < 4.78 is 23.2. The maximum atomic E-state index is 13.8. The van der Waals surface area contributed by atoms with Crippen LogP contribution in [0.4, 0.5) is 15.8 Å². The highest BCUT2D eigenvalue weighted by Gasteiger charge is 2.36. The monoisotopic (exact) mass is 497 g/mol. The molecular weight excluding hydrogens is 473 g/mol. The lowest BCUT2D eigenvalue weighted by atomic mass is 10.0. The molecule has 1 aromatic heterocycles. The smallest absolute Gasteiger partial charge is 0.273 e. The summed E-state index contributed by atoms with van der Waals surface area (Å²) in [4.78, 5) is 40.3. The zero-order valence-electron chi connectivity index (χ0n) is 18.6. The first-order valence-electron chi connectivity index (χ1n) is 10.9. The molecule has 0 radical (unpaired) electrons. The first kappa shape index (κ1) is 24.3. The highest BCUT2D eigenvalue weighted by molar-refractivity contribution is 7.09. The van der Waals surface area contributed by atoms with Crippen molar-refractivity contribution in [2.75, 3.05) is 23.8 Å². The van der Waals surface area contributed by atoms with Crippen LogP contribution in [0.15, 0.2) is 54.6 Å². The van der Waals surface area contributed by atoms with Gasteiger partial charge in [-0.2, -0.15) is 4.37 Å². The summed E-state index contributed by atoms with van der Waals surface area (Å²) in [7, 11) is 0. The van der Waals surface area contributed by atoms with Gasteiger partial charge in [0.15, 0.2) is 5.69 Å². The fraction of sp³-hybridized carbons (Fsp3) is 0.250. The highest BCUT2D eigenvalue weighted by atomic mass is 32.1. The van der Waals surface area contributed by atoms with Gasteiger partial charge in [-0.3, -0.25) is 19.3 Å². The molecule has 0 spiro atoms. The highest BCUT2D eigenvalue weighted by Crippen LogP contribution is 2.33. The van der Waals surface area contributed by atoms with Crippen LogP contribution in [0.2, 0.25) is 0 Å². The maximum Gasteiger partial charge on any atom is 0.273 e. The number of nitrogens with two attached hydrogens (primary N) is 2. The molecule has 2 aromatic carbocycles. The number of hydrogen-bond donors (Lipinski definition) is 3. The van der Waals surface area contributed by atoms with E-state index in [1.165, 1.54) is 29.2 Å². The standard InChI is InChI=1S/C24H24FN5O4S/c25-15-10-8-14(9-11-15)20(23(32)28-13-17-7-4-12-34-17)30(16-5-2-1-3-6-16)24(33)21-18(26)19(22(27)31)29-35-21/h1-3,5-6,8-11,17,20H,4,7,12-13,26H2,(H2,27,31)(H,28,32)/t17-,20-/m1/s1. The Hall–Kier alpha value is -3.83. The molecule has 5 N–H and O–H groups in total. The SMILES string of the molecule is NC(=O)c1nsc(C(=O)N(c2ccccc2)[C@@H](C(=O)NC[C@H]2CCCO2)c2ccc(F)cc2)c1N. The van der Waals surface area contributed by atoms with Crippen LogP contribution in [-0.4, -0.2) is 41.4 Å². The lowest BCUT2D eigenvalue weighted by Crippen LogP contribution is -2.45. The second kappa shape index (κ2) is 10.6. The van der Waals surface area contributed by atoms with E-state index in [9.17, 15) is 18.8 Å². The Labute approximate surface area is 205 Å². The second-order valence-electron chi connectivity index (χ2n) is 7.98. The molecule has 0 aliphatic carbocycles. The molecule has 11 heteroatoms. The van der Waals surface area contributed by atoms with Gasteiger partial charge in [-0.25, -0.2) is 4.39 Å². The number of primary amides is 1. The van der Waals surface area contributed by atoms with E-state index < -0.39 is 29.6 Å². The fourth-order valence-electron chi connectivity index (χ4n) is 3.89. The van der Waals surface area contributed by atoms with Crippen molar-refractivity contribution >= 4 is 40.6 Å². The summed E-state index contributed by atoms with van der Waals surface area (Å²) in [6, 6.07) is 12.7. The molecule has 9 nitrogen and oxygen atoms in total. The molecule has 1 saturated heterocycles. The van der Waals surface area contributed by atoms with E-state index in [0.29, 0.717) is 17.9 Å². The Morgan fingerprint density at radius 2 is 1.89 bits per heavy atom. The van der Waals surface area contributed by atoms with Gasteiger partial charge in [0.05, 0.1) is 11.8 Å². The van der Waals surface area contributed by atoms with E-state index in [1.807, 2.05) is 0 Å². The van der Waals surface area contributed by atoms with E-state index in [1.54, 1.807) is 30.3 Å². The number of para-hydroxylation sites is 1. The third-order valence-corrected chi connectivity index (χ3v) is 6.48. The Bertz CT molecular complexity index is 1210. The van der Waals surface area contributed by atoms with Gasteiger partial charge < -0.3 is 21.5 Å². The number of amides is 3. The number of halogens is 1. The number of rotatable bonds is 8. The second-order valence-corrected chi connectivity index (χ2v) is 8.76. The molecule has 2 atom stereocenters. The molecule has 182 valence electrons. The van der Waals surface area contributed by atoms with Crippen molar-refractivity contribution in [3.05, 3.63) is 76.5 Å². The van der Waals surface area contributed by atoms with E-state index in [0.717, 1.165) is 24.4 Å². The van der Waals surface area contributed by atoms with Crippen LogP contribution in [0, 0.1) is 5.82 Å². The molecule has 2 heterocycles. The molecule has 35 heavy (non-hydrogen) atoms. The van der Waals surface area contributed by atoms with Gasteiger partial charge in [0.25, 0.3) is 11.8 Å². The molecule has 0 bridgehead atoms. The summed E-state index contributed by atoms with van der Waals surface area (Å²) in [5.41, 5.74) is 11.7. The molecule has 3 aromatic rings. The molecule has 4 rings (SSSR count). The maximum absolute atomic E-state index is 13.8. The van der Waals surface area contributed by atoms with Gasteiger partial charge in [-0.15, -0.1) is 0 Å². The molecule has 1 aliphatic rings. The van der Waals surface area contributed by atoms with Crippen LogP contribution < -0.4 is 21.7 Å². The number of aromatic nitrogens is 1. The van der Waals surface area contributed by atoms with Crippen molar-refractivity contribution in [2.24, 2.45) is 5.73 Å². The minimum Gasteiger partial charge on any atom is -0.395 e. The predicted molar refractivity (Wildman–Crippen MR) is 129 cm³/mol. The molecule has 0 unspecified atom stereocenters. The first-order valence-corrected chi connectivity index (χ1v) is 11.7. The van der Waals surface area contributed by atoms with E-state index in [4.69, 9.17) is 16.2 Å². The zero-order valence-corrected chi connectivity index (χ0v) is 19.5. The summed E-state index contributed by atoms with van der Waals surface area (Å²) in [6.45, 7) is 0.894. The van der Waals surface area contributed by atoms with Gasteiger partial charge >= 0.3 is 0 Å². The van der Waals surface area contributed by atoms with E-state index >= 15 is 0 Å². The largest absolute Gasteiger partial charge is 0.395 e. The number of hydrogen-bond acceptors (Lipinski definition) is 7.